The first-order valence-electron chi connectivity index (χ1n) is 3.93. The van der Waals surface area contributed by atoms with Crippen molar-refractivity contribution in [3.05, 3.63) is 33.0 Å². The van der Waals surface area contributed by atoms with Gasteiger partial charge in [0.05, 0.1) is 0 Å². The predicted molar refractivity (Wildman–Crippen MR) is 60.5 cm³/mol. The molecule has 2 rings (SSSR count). The molecule has 0 saturated carbocycles. The van der Waals surface area contributed by atoms with E-state index in [1.54, 1.807) is 0 Å². The van der Waals surface area contributed by atoms with Crippen molar-refractivity contribution in [3.63, 3.8) is 0 Å². The fourth-order valence-corrected chi connectivity index (χ4v) is 1.92. The lowest BCUT2D eigenvalue weighted by atomic mass is 10.2. The van der Waals surface area contributed by atoms with E-state index in [1.807, 2.05) is 0 Å². The molecule has 2 heteroatoms. The number of rotatable bonds is 0. The maximum absolute atomic E-state index is 3.35. The average Bonchev–Trinajstić information content (AvgIpc) is 2.31. The van der Waals surface area contributed by atoms with E-state index in [0.29, 0.717) is 0 Å². The SMILES string of the molecule is Cc1[nH]c2ccc(I)cc2c1C. The second kappa shape index (κ2) is 2.76. The van der Waals surface area contributed by atoms with Crippen molar-refractivity contribution in [2.24, 2.45) is 0 Å². The number of nitrogens with one attached hydrogen (secondary N) is 1. The van der Waals surface area contributed by atoms with Gasteiger partial charge < -0.3 is 4.98 Å². The zero-order valence-corrected chi connectivity index (χ0v) is 9.27. The van der Waals surface area contributed by atoms with E-state index < -0.39 is 0 Å². The minimum Gasteiger partial charge on any atom is -0.358 e. The van der Waals surface area contributed by atoms with Crippen molar-refractivity contribution in [3.8, 4) is 0 Å². The number of H-pyrrole nitrogens is 1. The molecule has 0 bridgehead atoms. The maximum Gasteiger partial charge on any atom is 0.0459 e. The lowest BCUT2D eigenvalue weighted by molar-refractivity contribution is 1.25. The molecule has 0 saturated heterocycles. The summed E-state index contributed by atoms with van der Waals surface area (Å²) >= 11 is 2.34. The zero-order chi connectivity index (χ0) is 8.72. The fraction of sp³-hybridized carbons (Fsp3) is 0.200. The number of aromatic nitrogens is 1. The highest BCUT2D eigenvalue weighted by Gasteiger charge is 2.02. The monoisotopic (exact) mass is 271 g/mol. The molecule has 1 N–H and O–H groups in total. The highest BCUT2D eigenvalue weighted by atomic mass is 127. The van der Waals surface area contributed by atoms with Crippen LogP contribution in [0.2, 0.25) is 0 Å². The van der Waals surface area contributed by atoms with Crippen LogP contribution < -0.4 is 0 Å². The van der Waals surface area contributed by atoms with Gasteiger partial charge >= 0.3 is 0 Å². The van der Waals surface area contributed by atoms with Gasteiger partial charge in [0.1, 0.15) is 0 Å². The van der Waals surface area contributed by atoms with Gasteiger partial charge in [-0.25, -0.2) is 0 Å². The van der Waals surface area contributed by atoms with Gasteiger partial charge in [0.15, 0.2) is 0 Å². The van der Waals surface area contributed by atoms with E-state index in [1.165, 1.54) is 25.7 Å². The summed E-state index contributed by atoms with van der Waals surface area (Å²) < 4.78 is 1.29. The van der Waals surface area contributed by atoms with Gasteiger partial charge in [-0.05, 0) is 60.2 Å². The Morgan fingerprint density at radius 3 is 2.75 bits per heavy atom. The molecule has 0 unspecified atom stereocenters. The number of hydrogen-bond acceptors (Lipinski definition) is 0. The second-order valence-corrected chi connectivity index (χ2v) is 4.31. The Balaban J connectivity index is 2.88. The Bertz CT molecular complexity index is 429. The van der Waals surface area contributed by atoms with Crippen LogP contribution in [0.4, 0.5) is 0 Å². The zero-order valence-electron chi connectivity index (χ0n) is 7.11. The molecule has 0 amide bonds. The molecular formula is C10H10IN. The van der Waals surface area contributed by atoms with Crippen molar-refractivity contribution in [1.29, 1.82) is 0 Å². The minimum atomic E-state index is 1.24. The molecule has 2 aromatic rings. The predicted octanol–water partition coefficient (Wildman–Crippen LogP) is 3.39. The molecule has 12 heavy (non-hydrogen) atoms. The molecule has 0 aliphatic rings. The van der Waals surface area contributed by atoms with Crippen molar-refractivity contribution in [2.45, 2.75) is 13.8 Å². The Morgan fingerprint density at radius 2 is 2.00 bits per heavy atom. The van der Waals surface area contributed by atoms with Crippen LogP contribution in [-0.2, 0) is 0 Å². The molecular weight excluding hydrogens is 261 g/mol. The lowest BCUT2D eigenvalue weighted by Gasteiger charge is -1.92. The van der Waals surface area contributed by atoms with Crippen molar-refractivity contribution < 1.29 is 0 Å². The van der Waals surface area contributed by atoms with Gasteiger partial charge in [-0.3, -0.25) is 0 Å². The van der Waals surface area contributed by atoms with E-state index >= 15 is 0 Å². The number of aromatic amines is 1. The van der Waals surface area contributed by atoms with Gasteiger partial charge in [0, 0.05) is 20.2 Å². The van der Waals surface area contributed by atoms with Crippen LogP contribution in [0.5, 0.6) is 0 Å². The molecule has 0 atom stereocenters. The molecule has 62 valence electrons. The van der Waals surface area contributed by atoms with Gasteiger partial charge in [0.25, 0.3) is 0 Å². The normalized spacial score (nSPS) is 10.9. The van der Waals surface area contributed by atoms with Crippen LogP contribution >= 0.6 is 22.6 Å². The van der Waals surface area contributed by atoms with Gasteiger partial charge in [0.2, 0.25) is 0 Å². The van der Waals surface area contributed by atoms with Crippen LogP contribution in [-0.4, -0.2) is 4.98 Å². The van der Waals surface area contributed by atoms with E-state index in [2.05, 4.69) is 59.6 Å². The largest absolute Gasteiger partial charge is 0.358 e. The first-order valence-corrected chi connectivity index (χ1v) is 5.01. The average molecular weight is 271 g/mol. The Hall–Kier alpha value is -0.510. The molecule has 0 aliphatic heterocycles. The van der Waals surface area contributed by atoms with Crippen molar-refractivity contribution in [1.82, 2.24) is 4.98 Å². The molecule has 0 fully saturated rings. The molecule has 0 radical (unpaired) electrons. The first kappa shape index (κ1) is 8.10. The quantitative estimate of drug-likeness (QED) is 0.707. The molecule has 0 spiro atoms. The summed E-state index contributed by atoms with van der Waals surface area (Å²) in [4.78, 5) is 3.35. The van der Waals surface area contributed by atoms with Gasteiger partial charge in [-0.1, -0.05) is 0 Å². The smallest absolute Gasteiger partial charge is 0.0459 e. The summed E-state index contributed by atoms with van der Waals surface area (Å²) in [6.45, 7) is 4.27. The third-order valence-electron chi connectivity index (χ3n) is 2.27. The standard InChI is InChI=1S/C10H10IN/c1-6-7(2)12-10-4-3-8(11)5-9(6)10/h3-5,12H,1-2H3. The first-order chi connectivity index (χ1) is 5.68. The number of fused-ring (bicyclic) bond motifs is 1. The van der Waals surface area contributed by atoms with E-state index in [4.69, 9.17) is 0 Å². The fourth-order valence-electron chi connectivity index (χ4n) is 1.43. The highest BCUT2D eigenvalue weighted by molar-refractivity contribution is 14.1. The lowest BCUT2D eigenvalue weighted by Crippen LogP contribution is -1.72. The minimum absolute atomic E-state index is 1.24. The highest BCUT2D eigenvalue weighted by Crippen LogP contribution is 2.22. The van der Waals surface area contributed by atoms with E-state index in [0.717, 1.165) is 0 Å². The summed E-state index contributed by atoms with van der Waals surface area (Å²) in [5.41, 5.74) is 3.88. The van der Waals surface area contributed by atoms with Crippen molar-refractivity contribution >= 4 is 33.5 Å². The van der Waals surface area contributed by atoms with Crippen LogP contribution in [0.1, 0.15) is 11.3 Å². The molecule has 0 aliphatic carbocycles. The maximum atomic E-state index is 3.35. The summed E-state index contributed by atoms with van der Waals surface area (Å²) in [5, 5.41) is 1.35. The Morgan fingerprint density at radius 1 is 1.25 bits per heavy atom. The Labute approximate surface area is 85.3 Å². The summed E-state index contributed by atoms with van der Waals surface area (Å²) in [6, 6.07) is 6.48. The topological polar surface area (TPSA) is 15.8 Å². The van der Waals surface area contributed by atoms with Gasteiger partial charge in [-0.2, -0.15) is 0 Å². The van der Waals surface area contributed by atoms with Crippen LogP contribution in [0, 0.1) is 17.4 Å². The summed E-state index contributed by atoms with van der Waals surface area (Å²) in [6.07, 6.45) is 0. The van der Waals surface area contributed by atoms with Crippen LogP contribution in [0.25, 0.3) is 10.9 Å². The molecule has 1 heterocycles. The molecule has 1 aromatic heterocycles. The number of aryl methyl sites for hydroxylation is 2. The van der Waals surface area contributed by atoms with Gasteiger partial charge in [-0.15, -0.1) is 0 Å². The number of benzene rings is 1. The van der Waals surface area contributed by atoms with E-state index in [-0.39, 0.29) is 0 Å². The van der Waals surface area contributed by atoms with Crippen LogP contribution in [0.3, 0.4) is 0 Å². The van der Waals surface area contributed by atoms with Crippen molar-refractivity contribution in [2.75, 3.05) is 0 Å². The summed E-state index contributed by atoms with van der Waals surface area (Å²) in [5.74, 6) is 0. The number of hydrogen-bond donors (Lipinski definition) is 1. The second-order valence-electron chi connectivity index (χ2n) is 3.06. The van der Waals surface area contributed by atoms with Crippen LogP contribution in [0.15, 0.2) is 18.2 Å². The third-order valence-corrected chi connectivity index (χ3v) is 2.94. The Kier molecular flexibility index (Phi) is 1.87. The third kappa shape index (κ3) is 1.14. The molecule has 1 nitrogen and oxygen atoms in total. The number of halogens is 1. The molecule has 1 aromatic carbocycles. The summed E-state index contributed by atoms with van der Waals surface area (Å²) in [7, 11) is 0. The van der Waals surface area contributed by atoms with E-state index in [9.17, 15) is 0 Å².